The molecule has 5 nitrogen and oxygen atoms in total. The van der Waals surface area contributed by atoms with E-state index in [4.69, 9.17) is 4.74 Å². The number of piperidine rings is 1. The van der Waals surface area contributed by atoms with Crippen LogP contribution in [-0.2, 0) is 9.59 Å². The van der Waals surface area contributed by atoms with Crippen molar-refractivity contribution in [2.24, 2.45) is 5.92 Å². The maximum absolute atomic E-state index is 12.8. The smallest absolute Gasteiger partial charge is 0.250 e. The number of hydrogen-bond acceptors (Lipinski definition) is 4. The van der Waals surface area contributed by atoms with Gasteiger partial charge in [-0.05, 0) is 48.8 Å². The van der Waals surface area contributed by atoms with Gasteiger partial charge in [0.1, 0.15) is 11.3 Å². The molecule has 124 valence electrons. The van der Waals surface area contributed by atoms with E-state index in [0.29, 0.717) is 18.2 Å². The molecule has 2 unspecified atom stereocenters. The Kier molecular flexibility index (Phi) is 4.53. The summed E-state index contributed by atoms with van der Waals surface area (Å²) in [5, 5.41) is 2.96. The molecule has 0 radical (unpaired) electrons. The molecule has 1 aromatic carbocycles. The zero-order chi connectivity index (χ0) is 16.4. The quantitative estimate of drug-likeness (QED) is 0.868. The Balaban J connectivity index is 1.69. The summed E-state index contributed by atoms with van der Waals surface area (Å²) in [5.74, 6) is 2.47. The van der Waals surface area contributed by atoms with Gasteiger partial charge in [0.05, 0.1) is 12.9 Å². The third kappa shape index (κ3) is 2.92. The van der Waals surface area contributed by atoms with E-state index in [0.717, 1.165) is 30.0 Å². The second-order valence-corrected chi connectivity index (χ2v) is 7.25. The number of amides is 2. The lowest BCUT2D eigenvalue weighted by Gasteiger charge is -2.27. The molecule has 0 aromatic heterocycles. The number of ether oxygens (including phenoxy) is 1. The Labute approximate surface area is 140 Å². The van der Waals surface area contributed by atoms with Crippen molar-refractivity contribution in [1.82, 2.24) is 4.90 Å². The van der Waals surface area contributed by atoms with E-state index in [2.05, 4.69) is 5.32 Å². The van der Waals surface area contributed by atoms with Crippen molar-refractivity contribution in [2.75, 3.05) is 30.5 Å². The molecule has 2 amide bonds. The third-order valence-electron chi connectivity index (χ3n) is 4.73. The van der Waals surface area contributed by atoms with Crippen LogP contribution in [0.4, 0.5) is 5.69 Å². The van der Waals surface area contributed by atoms with Crippen LogP contribution in [0.1, 0.15) is 19.8 Å². The molecule has 6 heteroatoms. The molecule has 1 saturated heterocycles. The van der Waals surface area contributed by atoms with Crippen molar-refractivity contribution in [1.29, 1.82) is 0 Å². The van der Waals surface area contributed by atoms with Gasteiger partial charge in [0.25, 0.3) is 5.91 Å². The molecule has 1 aliphatic carbocycles. The largest absolute Gasteiger partial charge is 0.497 e. The van der Waals surface area contributed by atoms with Crippen molar-refractivity contribution >= 4 is 29.3 Å². The minimum Gasteiger partial charge on any atom is -0.497 e. The molecule has 1 aliphatic heterocycles. The van der Waals surface area contributed by atoms with Gasteiger partial charge in [-0.2, -0.15) is 11.8 Å². The predicted octanol–water partition coefficient (Wildman–Crippen LogP) is 2.38. The first-order valence-corrected chi connectivity index (χ1v) is 9.11. The number of methoxy groups -OCH3 is 1. The highest BCUT2D eigenvalue weighted by molar-refractivity contribution is 7.99. The molecule has 0 bridgehead atoms. The first-order chi connectivity index (χ1) is 11.1. The molecule has 2 fully saturated rings. The van der Waals surface area contributed by atoms with Crippen molar-refractivity contribution in [3.63, 3.8) is 0 Å². The van der Waals surface area contributed by atoms with Crippen molar-refractivity contribution < 1.29 is 14.3 Å². The number of anilines is 1. The van der Waals surface area contributed by atoms with Crippen LogP contribution < -0.4 is 10.1 Å². The lowest BCUT2D eigenvalue weighted by atomic mass is 10.2. The monoisotopic (exact) mass is 334 g/mol. The Hall–Kier alpha value is -1.69. The van der Waals surface area contributed by atoms with Gasteiger partial charge in [-0.25, -0.2) is 0 Å². The van der Waals surface area contributed by atoms with Crippen LogP contribution in [0, 0.1) is 5.92 Å². The zero-order valence-corrected chi connectivity index (χ0v) is 14.3. The number of nitrogens with zero attached hydrogens (tertiary/aromatic N) is 1. The number of carbonyl (C=O) groups excluding carboxylic acids is 2. The maximum Gasteiger partial charge on any atom is 0.250 e. The van der Waals surface area contributed by atoms with Gasteiger partial charge in [0.2, 0.25) is 5.91 Å². The standard InChI is InChI=1S/C17H22N2O3S/c1-3-23-11-15(20)19-9-8-12-10-17(12,19)16(21)18-13-4-6-14(22-2)7-5-13/h4-7,12H,3,8-11H2,1-2H3,(H,18,21). The summed E-state index contributed by atoms with van der Waals surface area (Å²) in [6.07, 6.45) is 1.72. The summed E-state index contributed by atoms with van der Waals surface area (Å²) in [6.45, 7) is 2.73. The highest BCUT2D eigenvalue weighted by Crippen LogP contribution is 2.56. The third-order valence-corrected chi connectivity index (χ3v) is 5.59. The van der Waals surface area contributed by atoms with Crippen molar-refractivity contribution in [2.45, 2.75) is 25.3 Å². The summed E-state index contributed by atoms with van der Waals surface area (Å²) in [7, 11) is 1.61. The van der Waals surface area contributed by atoms with E-state index in [-0.39, 0.29) is 11.8 Å². The second kappa shape index (κ2) is 6.43. The second-order valence-electron chi connectivity index (χ2n) is 5.98. The molecule has 1 heterocycles. The molecule has 1 saturated carbocycles. The SMILES string of the molecule is CCSCC(=O)N1CCC2CC21C(=O)Nc1ccc(OC)cc1. The molecule has 1 N–H and O–H groups in total. The summed E-state index contributed by atoms with van der Waals surface area (Å²) in [5.41, 5.74) is 0.128. The summed E-state index contributed by atoms with van der Waals surface area (Å²) in [6, 6.07) is 7.26. The van der Waals surface area contributed by atoms with Gasteiger partial charge in [-0.3, -0.25) is 9.59 Å². The van der Waals surface area contributed by atoms with Crippen LogP contribution in [0.5, 0.6) is 5.75 Å². The lowest BCUT2D eigenvalue weighted by Crippen LogP contribution is -2.48. The molecule has 23 heavy (non-hydrogen) atoms. The number of nitrogens with one attached hydrogen (secondary N) is 1. The number of rotatable bonds is 6. The number of hydrogen-bond donors (Lipinski definition) is 1. The Morgan fingerprint density at radius 2 is 2.13 bits per heavy atom. The van der Waals surface area contributed by atoms with E-state index >= 15 is 0 Å². The summed E-state index contributed by atoms with van der Waals surface area (Å²) < 4.78 is 5.12. The van der Waals surface area contributed by atoms with Gasteiger partial charge in [-0.1, -0.05) is 6.92 Å². The van der Waals surface area contributed by atoms with Crippen LogP contribution in [-0.4, -0.2) is 47.4 Å². The summed E-state index contributed by atoms with van der Waals surface area (Å²) in [4.78, 5) is 27.0. The summed E-state index contributed by atoms with van der Waals surface area (Å²) >= 11 is 1.61. The van der Waals surface area contributed by atoms with Gasteiger partial charge >= 0.3 is 0 Å². The fraction of sp³-hybridized carbons (Fsp3) is 0.529. The van der Waals surface area contributed by atoms with Gasteiger partial charge in [-0.15, -0.1) is 0 Å². The topological polar surface area (TPSA) is 58.6 Å². The van der Waals surface area contributed by atoms with Crippen LogP contribution in [0.2, 0.25) is 0 Å². The van der Waals surface area contributed by atoms with Crippen LogP contribution in [0.3, 0.4) is 0 Å². The number of fused-ring (bicyclic) bond motifs is 1. The van der Waals surface area contributed by atoms with Gasteiger partial charge in [0, 0.05) is 12.2 Å². The van der Waals surface area contributed by atoms with Gasteiger partial charge in [0.15, 0.2) is 0 Å². The molecule has 2 atom stereocenters. The molecule has 2 aliphatic rings. The van der Waals surface area contributed by atoms with Gasteiger partial charge < -0.3 is 15.0 Å². The molecule has 1 aromatic rings. The lowest BCUT2D eigenvalue weighted by molar-refractivity contribution is -0.136. The minimum atomic E-state index is -0.606. The normalized spacial score (nSPS) is 25.0. The number of benzene rings is 1. The highest BCUT2D eigenvalue weighted by atomic mass is 32.2. The number of likely N-dealkylation sites (tertiary alicyclic amines) is 1. The molecular formula is C17H22N2O3S. The minimum absolute atomic E-state index is 0.0555. The van der Waals surface area contributed by atoms with Crippen LogP contribution in [0.25, 0.3) is 0 Å². The number of thioether (sulfide) groups is 1. The first kappa shape index (κ1) is 16.2. The average Bonchev–Trinajstić information content (AvgIpc) is 3.19. The van der Waals surface area contributed by atoms with E-state index in [1.807, 2.05) is 31.2 Å². The first-order valence-electron chi connectivity index (χ1n) is 7.95. The van der Waals surface area contributed by atoms with Crippen molar-refractivity contribution in [3.8, 4) is 5.75 Å². The van der Waals surface area contributed by atoms with E-state index in [1.165, 1.54) is 0 Å². The molecule has 0 spiro atoms. The Bertz CT molecular complexity index is 604. The zero-order valence-electron chi connectivity index (χ0n) is 13.5. The maximum atomic E-state index is 12.8. The fourth-order valence-electron chi connectivity index (χ4n) is 3.40. The van der Waals surface area contributed by atoms with E-state index in [1.54, 1.807) is 23.8 Å². The van der Waals surface area contributed by atoms with E-state index in [9.17, 15) is 9.59 Å². The highest BCUT2D eigenvalue weighted by Gasteiger charge is 2.68. The van der Waals surface area contributed by atoms with Crippen LogP contribution in [0.15, 0.2) is 24.3 Å². The fourth-order valence-corrected chi connectivity index (χ4v) is 3.94. The van der Waals surface area contributed by atoms with Crippen LogP contribution >= 0.6 is 11.8 Å². The number of carbonyl (C=O) groups is 2. The Morgan fingerprint density at radius 3 is 2.74 bits per heavy atom. The Morgan fingerprint density at radius 1 is 1.39 bits per heavy atom. The van der Waals surface area contributed by atoms with Crippen molar-refractivity contribution in [3.05, 3.63) is 24.3 Å². The average molecular weight is 334 g/mol. The van der Waals surface area contributed by atoms with E-state index < -0.39 is 5.54 Å². The molecule has 3 rings (SSSR count). The predicted molar refractivity (Wildman–Crippen MR) is 91.8 cm³/mol. The molecular weight excluding hydrogens is 312 g/mol.